The van der Waals surface area contributed by atoms with Crippen LogP contribution >= 0.6 is 11.3 Å². The molecule has 0 fully saturated rings. The van der Waals surface area contributed by atoms with E-state index in [1.807, 2.05) is 55.9 Å². The van der Waals surface area contributed by atoms with Crippen LogP contribution in [0.2, 0.25) is 0 Å². The fourth-order valence-corrected chi connectivity index (χ4v) is 3.12. The van der Waals surface area contributed by atoms with Crippen LogP contribution in [0.1, 0.15) is 23.5 Å². The average Bonchev–Trinajstić information content (AvgIpc) is 3.23. The summed E-state index contributed by atoms with van der Waals surface area (Å²) in [5.41, 5.74) is 2.97. The van der Waals surface area contributed by atoms with Gasteiger partial charge in [-0.3, -0.25) is 4.68 Å². The Hall–Kier alpha value is -2.67. The Bertz CT molecular complexity index is 811. The molecule has 3 aromatic rings. The summed E-state index contributed by atoms with van der Waals surface area (Å²) < 4.78 is 1.71. The second kappa shape index (κ2) is 7.27. The molecule has 0 aliphatic carbocycles. The van der Waals surface area contributed by atoms with Gasteiger partial charge in [-0.15, -0.1) is 11.3 Å². The van der Waals surface area contributed by atoms with E-state index in [4.69, 9.17) is 0 Å². The molecule has 7 heteroatoms. The third-order valence-electron chi connectivity index (χ3n) is 3.52. The van der Waals surface area contributed by atoms with Gasteiger partial charge >= 0.3 is 6.03 Å². The van der Waals surface area contributed by atoms with Crippen molar-refractivity contribution in [2.45, 2.75) is 19.5 Å². The molecule has 0 radical (unpaired) electrons. The zero-order valence-electron chi connectivity index (χ0n) is 13.6. The molecule has 2 amide bonds. The lowest BCUT2D eigenvalue weighted by atomic mass is 10.2. The van der Waals surface area contributed by atoms with Crippen LogP contribution in [0.4, 0.5) is 4.79 Å². The first kappa shape index (κ1) is 16.2. The van der Waals surface area contributed by atoms with Crippen LogP contribution in [0.25, 0.3) is 11.3 Å². The number of nitrogens with one attached hydrogen (secondary N) is 2. The lowest BCUT2D eigenvalue weighted by molar-refractivity contribution is 0.237. The van der Waals surface area contributed by atoms with E-state index in [-0.39, 0.29) is 12.1 Å². The predicted molar refractivity (Wildman–Crippen MR) is 94.5 cm³/mol. The van der Waals surface area contributed by atoms with Gasteiger partial charge in [0, 0.05) is 36.3 Å². The van der Waals surface area contributed by atoms with Crippen molar-refractivity contribution in [3.05, 3.63) is 58.7 Å². The Balaban J connectivity index is 1.55. The molecule has 0 aliphatic rings. The predicted octanol–water partition coefficient (Wildman–Crippen LogP) is 3.10. The number of carbonyl (C=O) groups excluding carboxylic acids is 1. The van der Waals surface area contributed by atoms with Crippen LogP contribution in [0, 0.1) is 0 Å². The van der Waals surface area contributed by atoms with E-state index in [1.165, 1.54) is 0 Å². The van der Waals surface area contributed by atoms with E-state index in [0.717, 1.165) is 21.8 Å². The van der Waals surface area contributed by atoms with E-state index in [2.05, 4.69) is 20.7 Å². The number of nitrogens with zero attached hydrogens (tertiary/aromatic N) is 3. The summed E-state index contributed by atoms with van der Waals surface area (Å²) in [7, 11) is 1.85. The minimum Gasteiger partial charge on any atom is -0.334 e. The first-order valence-corrected chi connectivity index (χ1v) is 8.52. The normalized spacial score (nSPS) is 11.9. The Morgan fingerprint density at radius 3 is 2.83 bits per heavy atom. The SMILES string of the molecule is C[C@H](NC(=O)NCc1cnn(C)c1)c1nc(-c2ccccc2)cs1. The maximum absolute atomic E-state index is 12.0. The fraction of sp³-hybridized carbons (Fsp3) is 0.235. The molecule has 1 atom stereocenters. The second-order valence-electron chi connectivity index (χ2n) is 5.51. The fourth-order valence-electron chi connectivity index (χ4n) is 2.28. The summed E-state index contributed by atoms with van der Waals surface area (Å²) in [5.74, 6) is 0. The Morgan fingerprint density at radius 1 is 1.33 bits per heavy atom. The van der Waals surface area contributed by atoms with Crippen molar-refractivity contribution in [1.82, 2.24) is 25.4 Å². The number of benzene rings is 1. The van der Waals surface area contributed by atoms with Gasteiger partial charge in [0.1, 0.15) is 5.01 Å². The third-order valence-corrected chi connectivity index (χ3v) is 4.55. The number of amides is 2. The molecule has 0 unspecified atom stereocenters. The minimum atomic E-state index is -0.220. The molecule has 2 N–H and O–H groups in total. The molecule has 0 bridgehead atoms. The van der Waals surface area contributed by atoms with Gasteiger partial charge in [0.25, 0.3) is 0 Å². The van der Waals surface area contributed by atoms with Crippen LogP contribution < -0.4 is 10.6 Å². The highest BCUT2D eigenvalue weighted by Gasteiger charge is 2.14. The highest BCUT2D eigenvalue weighted by atomic mass is 32.1. The molecule has 2 aromatic heterocycles. The van der Waals surface area contributed by atoms with Crippen molar-refractivity contribution in [2.24, 2.45) is 7.05 Å². The number of carbonyl (C=O) groups is 1. The van der Waals surface area contributed by atoms with Crippen molar-refractivity contribution in [3.63, 3.8) is 0 Å². The van der Waals surface area contributed by atoms with Crippen molar-refractivity contribution in [3.8, 4) is 11.3 Å². The number of urea groups is 1. The van der Waals surface area contributed by atoms with Crippen molar-refractivity contribution >= 4 is 17.4 Å². The molecule has 0 saturated carbocycles. The second-order valence-corrected chi connectivity index (χ2v) is 6.40. The summed E-state index contributed by atoms with van der Waals surface area (Å²) in [6.45, 7) is 2.37. The quantitative estimate of drug-likeness (QED) is 0.749. The molecule has 1 aromatic carbocycles. The summed E-state index contributed by atoms with van der Waals surface area (Å²) in [4.78, 5) is 16.6. The van der Waals surface area contributed by atoms with Gasteiger partial charge in [0.05, 0.1) is 17.9 Å². The molecular formula is C17H19N5OS. The van der Waals surface area contributed by atoms with Gasteiger partial charge in [0.15, 0.2) is 0 Å². The van der Waals surface area contributed by atoms with E-state index in [9.17, 15) is 4.79 Å². The van der Waals surface area contributed by atoms with E-state index < -0.39 is 0 Å². The van der Waals surface area contributed by atoms with Crippen molar-refractivity contribution in [1.29, 1.82) is 0 Å². The molecule has 0 saturated heterocycles. The topological polar surface area (TPSA) is 71.8 Å². The monoisotopic (exact) mass is 341 g/mol. The highest BCUT2D eigenvalue weighted by molar-refractivity contribution is 7.10. The Morgan fingerprint density at radius 2 is 2.12 bits per heavy atom. The van der Waals surface area contributed by atoms with E-state index in [0.29, 0.717) is 6.54 Å². The van der Waals surface area contributed by atoms with Gasteiger partial charge in [-0.25, -0.2) is 9.78 Å². The van der Waals surface area contributed by atoms with Crippen LogP contribution in [-0.2, 0) is 13.6 Å². The van der Waals surface area contributed by atoms with Crippen LogP contribution in [0.3, 0.4) is 0 Å². The minimum absolute atomic E-state index is 0.152. The lowest BCUT2D eigenvalue weighted by Gasteiger charge is -2.12. The van der Waals surface area contributed by atoms with Gasteiger partial charge in [-0.2, -0.15) is 5.10 Å². The number of hydrogen-bond acceptors (Lipinski definition) is 4. The summed E-state index contributed by atoms with van der Waals surface area (Å²) >= 11 is 1.55. The first-order chi connectivity index (χ1) is 11.6. The average molecular weight is 341 g/mol. The van der Waals surface area contributed by atoms with E-state index in [1.54, 1.807) is 22.2 Å². The maximum atomic E-state index is 12.0. The zero-order chi connectivity index (χ0) is 16.9. The number of aryl methyl sites for hydroxylation is 1. The first-order valence-electron chi connectivity index (χ1n) is 7.64. The third kappa shape index (κ3) is 3.99. The van der Waals surface area contributed by atoms with Crippen molar-refractivity contribution in [2.75, 3.05) is 0 Å². The molecule has 3 rings (SSSR count). The van der Waals surface area contributed by atoms with Gasteiger partial charge < -0.3 is 10.6 Å². The number of rotatable bonds is 5. The molecule has 2 heterocycles. The van der Waals surface area contributed by atoms with Crippen LogP contribution in [0.15, 0.2) is 48.1 Å². The molecule has 0 aliphatic heterocycles. The van der Waals surface area contributed by atoms with Crippen LogP contribution in [0.5, 0.6) is 0 Å². The van der Waals surface area contributed by atoms with Gasteiger partial charge in [-0.05, 0) is 6.92 Å². The standard InChI is InChI=1S/C17H19N5OS/c1-12(20-17(23)18-8-13-9-19-22(2)10-13)16-21-15(11-24-16)14-6-4-3-5-7-14/h3-7,9-12H,8H2,1-2H3,(H2,18,20,23)/t12-/m0/s1. The molecule has 0 spiro atoms. The Kier molecular flexibility index (Phi) is 4.90. The molecule has 24 heavy (non-hydrogen) atoms. The lowest BCUT2D eigenvalue weighted by Crippen LogP contribution is -2.36. The van der Waals surface area contributed by atoms with Crippen molar-refractivity contribution < 1.29 is 4.79 Å². The molecule has 6 nitrogen and oxygen atoms in total. The van der Waals surface area contributed by atoms with Crippen LogP contribution in [-0.4, -0.2) is 20.8 Å². The number of thiazole rings is 1. The maximum Gasteiger partial charge on any atom is 0.315 e. The highest BCUT2D eigenvalue weighted by Crippen LogP contribution is 2.25. The molecular weight excluding hydrogens is 322 g/mol. The smallest absolute Gasteiger partial charge is 0.315 e. The van der Waals surface area contributed by atoms with E-state index >= 15 is 0 Å². The van der Waals surface area contributed by atoms with Gasteiger partial charge in [-0.1, -0.05) is 30.3 Å². The number of aromatic nitrogens is 3. The zero-order valence-corrected chi connectivity index (χ0v) is 14.4. The summed E-state index contributed by atoms with van der Waals surface area (Å²) in [6, 6.07) is 9.64. The summed E-state index contributed by atoms with van der Waals surface area (Å²) in [6.07, 6.45) is 3.60. The van der Waals surface area contributed by atoms with Gasteiger partial charge in [0.2, 0.25) is 0 Å². The molecule has 124 valence electrons. The summed E-state index contributed by atoms with van der Waals surface area (Å²) in [5, 5.41) is 12.7. The largest absolute Gasteiger partial charge is 0.334 e. The Labute approximate surface area is 144 Å². The number of hydrogen-bond donors (Lipinski definition) is 2.